The van der Waals surface area contributed by atoms with Gasteiger partial charge in [0.05, 0.1) is 22.8 Å². The van der Waals surface area contributed by atoms with Crippen LogP contribution in [0.4, 0.5) is 0 Å². The van der Waals surface area contributed by atoms with E-state index >= 15 is 0 Å². The highest BCUT2D eigenvalue weighted by atomic mass is 35.5. The predicted octanol–water partition coefficient (Wildman–Crippen LogP) is 5.57. The van der Waals surface area contributed by atoms with Crippen molar-refractivity contribution in [2.24, 2.45) is 0 Å². The molecule has 3 heterocycles. The molecule has 4 aromatic rings. The highest BCUT2D eigenvalue weighted by molar-refractivity contribution is 6.42. The van der Waals surface area contributed by atoms with E-state index in [-0.39, 0.29) is 17.6 Å². The van der Waals surface area contributed by atoms with E-state index in [1.54, 1.807) is 42.7 Å². The summed E-state index contributed by atoms with van der Waals surface area (Å²) in [5.41, 5.74) is 1.29. The number of fused-ring (bicyclic) bond motifs is 1. The summed E-state index contributed by atoms with van der Waals surface area (Å²) in [6, 6.07) is 8.66. The Morgan fingerprint density at radius 2 is 1.96 bits per heavy atom. The zero-order valence-electron chi connectivity index (χ0n) is 14.7. The summed E-state index contributed by atoms with van der Waals surface area (Å²) in [7, 11) is 0. The Balaban J connectivity index is 1.77. The lowest BCUT2D eigenvalue weighted by Crippen LogP contribution is -2.01. The zero-order valence-corrected chi connectivity index (χ0v) is 16.2. The van der Waals surface area contributed by atoms with Crippen LogP contribution in [-0.2, 0) is 0 Å². The van der Waals surface area contributed by atoms with Crippen molar-refractivity contribution in [2.45, 2.75) is 13.3 Å². The van der Waals surface area contributed by atoms with Crippen LogP contribution in [0.5, 0.6) is 17.6 Å². The van der Waals surface area contributed by atoms with Crippen LogP contribution in [0.25, 0.3) is 22.7 Å². The van der Waals surface area contributed by atoms with Crippen LogP contribution < -0.4 is 9.47 Å². The molecular weight excluding hydrogens is 403 g/mol. The fraction of sp³-hybridized carbons (Fsp3) is 0.158. The van der Waals surface area contributed by atoms with Gasteiger partial charge in [0.15, 0.2) is 5.52 Å². The van der Waals surface area contributed by atoms with Crippen molar-refractivity contribution in [3.8, 4) is 29.1 Å². The molecule has 0 atom stereocenters. The number of hydrogen-bond donors (Lipinski definition) is 0. The summed E-state index contributed by atoms with van der Waals surface area (Å²) in [5, 5.41) is 0.844. The van der Waals surface area contributed by atoms with Crippen LogP contribution in [0.1, 0.15) is 13.3 Å². The van der Waals surface area contributed by atoms with Gasteiger partial charge in [-0.25, -0.2) is 4.98 Å². The third-order valence-electron chi connectivity index (χ3n) is 3.66. The molecule has 3 aromatic heterocycles. The lowest BCUT2D eigenvalue weighted by molar-refractivity contribution is 0.302. The number of hydrogen-bond acceptors (Lipinski definition) is 7. The monoisotopic (exact) mass is 416 g/mol. The Labute approximate surface area is 170 Å². The van der Waals surface area contributed by atoms with E-state index in [1.807, 2.05) is 6.92 Å². The maximum Gasteiger partial charge on any atom is 0.328 e. The fourth-order valence-electron chi connectivity index (χ4n) is 2.39. The summed E-state index contributed by atoms with van der Waals surface area (Å²) in [6.07, 6.45) is 4.01. The molecule has 0 fully saturated rings. The van der Waals surface area contributed by atoms with Gasteiger partial charge in [-0.05, 0) is 36.8 Å². The fourth-order valence-corrected chi connectivity index (χ4v) is 2.69. The van der Waals surface area contributed by atoms with E-state index in [9.17, 15) is 0 Å². The van der Waals surface area contributed by atoms with E-state index in [0.29, 0.717) is 39.4 Å². The van der Waals surface area contributed by atoms with Crippen molar-refractivity contribution in [3.05, 3.63) is 52.8 Å². The molecule has 1 aromatic carbocycles. The highest BCUT2D eigenvalue weighted by Gasteiger charge is 2.19. The molecule has 0 N–H and O–H groups in total. The molecule has 142 valence electrons. The first-order valence-corrected chi connectivity index (χ1v) is 9.24. The first-order chi connectivity index (χ1) is 13.6. The van der Waals surface area contributed by atoms with Crippen molar-refractivity contribution >= 4 is 34.4 Å². The summed E-state index contributed by atoms with van der Waals surface area (Å²) >= 11 is 12.1. The lowest BCUT2D eigenvalue weighted by atomic mass is 10.2. The van der Waals surface area contributed by atoms with Crippen molar-refractivity contribution in [2.75, 3.05) is 6.61 Å². The van der Waals surface area contributed by atoms with Crippen LogP contribution in [0.3, 0.4) is 0 Å². The molecule has 28 heavy (non-hydrogen) atoms. The molecule has 0 saturated carbocycles. The maximum absolute atomic E-state index is 6.10. The molecule has 0 unspecified atom stereocenters. The first kappa shape index (κ1) is 18.5. The van der Waals surface area contributed by atoms with E-state index < -0.39 is 0 Å². The van der Waals surface area contributed by atoms with Gasteiger partial charge < -0.3 is 13.9 Å². The number of nitrogens with zero attached hydrogens (tertiary/aromatic N) is 4. The molecule has 9 heteroatoms. The summed E-state index contributed by atoms with van der Waals surface area (Å²) in [5.74, 6) is 1.09. The largest absolute Gasteiger partial charge is 0.476 e. The van der Waals surface area contributed by atoms with Crippen LogP contribution in [0, 0.1) is 0 Å². The van der Waals surface area contributed by atoms with Crippen molar-refractivity contribution in [1.29, 1.82) is 0 Å². The molecule has 4 rings (SSSR count). The maximum atomic E-state index is 6.10. The SMILES string of the molecule is CCCOc1nc(Oc2cccnc2)nc2oc(-c3ccc(Cl)c(Cl)c3)nc12. The van der Waals surface area contributed by atoms with Crippen LogP contribution in [0.15, 0.2) is 47.1 Å². The van der Waals surface area contributed by atoms with Crippen molar-refractivity contribution in [3.63, 3.8) is 0 Å². The molecule has 0 amide bonds. The van der Waals surface area contributed by atoms with Gasteiger partial charge >= 0.3 is 6.01 Å². The number of oxazole rings is 1. The zero-order chi connectivity index (χ0) is 19.5. The number of halogens is 2. The highest BCUT2D eigenvalue weighted by Crippen LogP contribution is 2.33. The second-order valence-corrected chi connectivity index (χ2v) is 6.57. The quantitative estimate of drug-likeness (QED) is 0.406. The topological polar surface area (TPSA) is 83.2 Å². The molecule has 0 radical (unpaired) electrons. The molecule has 0 aliphatic rings. The molecule has 7 nitrogen and oxygen atoms in total. The normalized spacial score (nSPS) is 11.0. The number of rotatable bonds is 6. The molecular formula is C19H14Cl2N4O3. The van der Waals surface area contributed by atoms with Crippen molar-refractivity contribution in [1.82, 2.24) is 19.9 Å². The third-order valence-corrected chi connectivity index (χ3v) is 4.40. The lowest BCUT2D eigenvalue weighted by Gasteiger charge is -2.06. The van der Waals surface area contributed by atoms with Gasteiger partial charge in [0.2, 0.25) is 5.89 Å². The first-order valence-electron chi connectivity index (χ1n) is 8.48. The standard InChI is InChI=1S/C19H14Cl2N4O3/c1-2-8-26-17-15-18(25-19(24-17)27-12-4-3-7-22-10-12)28-16(23-15)11-5-6-13(20)14(21)9-11/h3-7,9-10H,2,8H2,1H3. The second kappa shape index (κ2) is 8.00. The van der Waals surface area contributed by atoms with Crippen molar-refractivity contribution < 1.29 is 13.9 Å². The van der Waals surface area contributed by atoms with Gasteiger partial charge in [-0.1, -0.05) is 30.1 Å². The smallest absolute Gasteiger partial charge is 0.328 e. The van der Waals surface area contributed by atoms with Gasteiger partial charge in [-0.2, -0.15) is 9.97 Å². The molecule has 0 spiro atoms. The summed E-state index contributed by atoms with van der Waals surface area (Å²) in [6.45, 7) is 2.46. The Kier molecular flexibility index (Phi) is 5.27. The van der Waals surface area contributed by atoms with E-state index in [0.717, 1.165) is 6.42 Å². The van der Waals surface area contributed by atoms with Crippen LogP contribution >= 0.6 is 23.2 Å². The minimum atomic E-state index is 0.0726. The third kappa shape index (κ3) is 3.85. The number of pyridine rings is 1. The van der Waals surface area contributed by atoms with Crippen LogP contribution in [0.2, 0.25) is 10.0 Å². The summed E-state index contributed by atoms with van der Waals surface area (Å²) in [4.78, 5) is 17.1. The van der Waals surface area contributed by atoms with Gasteiger partial charge in [0.25, 0.3) is 11.6 Å². The average molecular weight is 417 g/mol. The summed E-state index contributed by atoms with van der Waals surface area (Å²) < 4.78 is 17.2. The minimum absolute atomic E-state index is 0.0726. The van der Waals surface area contributed by atoms with Gasteiger partial charge in [0.1, 0.15) is 5.75 Å². The molecule has 0 bridgehead atoms. The Morgan fingerprint density at radius 1 is 1.07 bits per heavy atom. The van der Waals surface area contributed by atoms with E-state index in [4.69, 9.17) is 37.1 Å². The van der Waals surface area contributed by atoms with E-state index in [2.05, 4.69) is 19.9 Å². The molecule has 0 aliphatic carbocycles. The van der Waals surface area contributed by atoms with Gasteiger partial charge in [0, 0.05) is 11.8 Å². The minimum Gasteiger partial charge on any atom is -0.476 e. The van der Waals surface area contributed by atoms with Crippen LogP contribution in [-0.4, -0.2) is 26.5 Å². The predicted molar refractivity (Wildman–Crippen MR) is 105 cm³/mol. The molecule has 0 saturated heterocycles. The second-order valence-electron chi connectivity index (χ2n) is 5.75. The Hall–Kier alpha value is -2.90. The van der Waals surface area contributed by atoms with Gasteiger partial charge in [-0.3, -0.25) is 4.98 Å². The van der Waals surface area contributed by atoms with E-state index in [1.165, 1.54) is 0 Å². The molecule has 0 aliphatic heterocycles. The Morgan fingerprint density at radius 3 is 2.71 bits per heavy atom. The average Bonchev–Trinajstić information content (AvgIpc) is 3.13. The number of aromatic nitrogens is 4. The van der Waals surface area contributed by atoms with Gasteiger partial charge in [-0.15, -0.1) is 0 Å². The number of benzene rings is 1. The number of ether oxygens (including phenoxy) is 2. The Bertz CT molecular complexity index is 1120.